The molecule has 4 heteroatoms. The summed E-state index contributed by atoms with van der Waals surface area (Å²) in [6.45, 7) is 10.1. The topological polar surface area (TPSA) is 38.3 Å². The van der Waals surface area contributed by atoms with Gasteiger partial charge in [0.05, 0.1) is 6.61 Å². The third-order valence-corrected chi connectivity index (χ3v) is 3.69. The third kappa shape index (κ3) is 7.03. The number of ether oxygens (including phenoxy) is 1. The van der Waals surface area contributed by atoms with E-state index in [1.165, 1.54) is 0 Å². The lowest BCUT2D eigenvalue weighted by molar-refractivity contribution is 0.217. The monoisotopic (exact) mass is 235 g/mol. The van der Waals surface area contributed by atoms with E-state index in [1.54, 1.807) is 7.11 Å². The summed E-state index contributed by atoms with van der Waals surface area (Å²) in [6.07, 6.45) is 0. The van der Waals surface area contributed by atoms with Gasteiger partial charge in [-0.3, -0.25) is 4.21 Å². The SMILES string of the molecule is CCNC(CS(=O)CCOC)C(C)(C)C. The van der Waals surface area contributed by atoms with Gasteiger partial charge in [0.2, 0.25) is 0 Å². The molecule has 2 unspecified atom stereocenters. The summed E-state index contributed by atoms with van der Waals surface area (Å²) in [5.41, 5.74) is 0.152. The number of methoxy groups -OCH3 is 1. The van der Waals surface area contributed by atoms with Crippen molar-refractivity contribution in [3.05, 3.63) is 0 Å². The molecular weight excluding hydrogens is 210 g/mol. The van der Waals surface area contributed by atoms with E-state index in [2.05, 4.69) is 33.0 Å². The molecule has 0 aromatic rings. The van der Waals surface area contributed by atoms with Crippen molar-refractivity contribution in [3.8, 4) is 0 Å². The van der Waals surface area contributed by atoms with Crippen LogP contribution in [0.5, 0.6) is 0 Å². The fourth-order valence-corrected chi connectivity index (χ4v) is 2.82. The zero-order valence-electron chi connectivity index (χ0n) is 10.6. The molecule has 0 fully saturated rings. The van der Waals surface area contributed by atoms with E-state index in [9.17, 15) is 4.21 Å². The van der Waals surface area contributed by atoms with Gasteiger partial charge in [0.1, 0.15) is 0 Å². The summed E-state index contributed by atoms with van der Waals surface area (Å²) in [5.74, 6) is 1.34. The van der Waals surface area contributed by atoms with Gasteiger partial charge in [0.15, 0.2) is 0 Å². The molecule has 0 saturated heterocycles. The second kappa shape index (κ2) is 7.36. The van der Waals surface area contributed by atoms with Crippen molar-refractivity contribution in [2.75, 3.05) is 31.8 Å². The first-order valence-electron chi connectivity index (χ1n) is 5.49. The fourth-order valence-electron chi connectivity index (χ4n) is 1.31. The Hall–Kier alpha value is 0.0700. The first kappa shape index (κ1) is 15.1. The van der Waals surface area contributed by atoms with Crippen LogP contribution >= 0.6 is 0 Å². The molecule has 0 heterocycles. The van der Waals surface area contributed by atoms with Crippen LogP contribution in [0.2, 0.25) is 0 Å². The Labute approximate surface area is 96.4 Å². The van der Waals surface area contributed by atoms with E-state index in [-0.39, 0.29) is 5.41 Å². The average molecular weight is 235 g/mol. The van der Waals surface area contributed by atoms with Crippen LogP contribution < -0.4 is 5.32 Å². The lowest BCUT2D eigenvalue weighted by atomic mass is 9.88. The highest BCUT2D eigenvalue weighted by atomic mass is 32.2. The minimum Gasteiger partial charge on any atom is -0.384 e. The molecule has 0 rings (SSSR count). The molecule has 0 aliphatic heterocycles. The highest BCUT2D eigenvalue weighted by Crippen LogP contribution is 2.19. The number of hydrogen-bond donors (Lipinski definition) is 1. The van der Waals surface area contributed by atoms with Gasteiger partial charge in [-0.1, -0.05) is 27.7 Å². The maximum Gasteiger partial charge on any atom is 0.0577 e. The van der Waals surface area contributed by atoms with Gasteiger partial charge in [-0.25, -0.2) is 0 Å². The van der Waals surface area contributed by atoms with Gasteiger partial charge in [-0.2, -0.15) is 0 Å². The molecule has 0 aromatic carbocycles. The van der Waals surface area contributed by atoms with Gasteiger partial charge >= 0.3 is 0 Å². The molecular formula is C11H25NO2S. The molecule has 0 radical (unpaired) electrons. The Morgan fingerprint density at radius 1 is 1.40 bits per heavy atom. The molecule has 0 spiro atoms. The highest BCUT2D eigenvalue weighted by molar-refractivity contribution is 7.85. The molecule has 0 aliphatic rings. The third-order valence-electron chi connectivity index (χ3n) is 2.36. The Bertz CT molecular complexity index is 190. The maximum absolute atomic E-state index is 11.7. The summed E-state index contributed by atoms with van der Waals surface area (Å²) < 4.78 is 16.7. The zero-order valence-corrected chi connectivity index (χ0v) is 11.4. The molecule has 2 atom stereocenters. The van der Waals surface area contributed by atoms with Crippen LogP contribution in [0, 0.1) is 5.41 Å². The van der Waals surface area contributed by atoms with Crippen LogP contribution in [-0.4, -0.2) is 42.0 Å². The van der Waals surface area contributed by atoms with E-state index >= 15 is 0 Å². The van der Waals surface area contributed by atoms with E-state index in [4.69, 9.17) is 4.74 Å². The minimum absolute atomic E-state index is 0.152. The van der Waals surface area contributed by atoms with Crippen molar-refractivity contribution in [2.45, 2.75) is 33.7 Å². The molecule has 0 aliphatic carbocycles. The van der Waals surface area contributed by atoms with E-state index < -0.39 is 10.8 Å². The predicted octanol–water partition coefficient (Wildman–Crippen LogP) is 1.41. The van der Waals surface area contributed by atoms with Gasteiger partial charge in [-0.15, -0.1) is 0 Å². The summed E-state index contributed by atoms with van der Waals surface area (Å²) in [7, 11) is 0.856. The van der Waals surface area contributed by atoms with Crippen molar-refractivity contribution >= 4 is 10.8 Å². The van der Waals surface area contributed by atoms with Crippen LogP contribution in [0.25, 0.3) is 0 Å². The Morgan fingerprint density at radius 2 is 2.00 bits per heavy atom. The quantitative estimate of drug-likeness (QED) is 0.725. The molecule has 92 valence electrons. The highest BCUT2D eigenvalue weighted by Gasteiger charge is 2.25. The second-order valence-electron chi connectivity index (χ2n) is 4.78. The van der Waals surface area contributed by atoms with Gasteiger partial charge in [0, 0.05) is 35.5 Å². The second-order valence-corrected chi connectivity index (χ2v) is 6.40. The zero-order chi connectivity index (χ0) is 11.9. The van der Waals surface area contributed by atoms with Crippen LogP contribution in [0.15, 0.2) is 0 Å². The summed E-state index contributed by atoms with van der Waals surface area (Å²) in [5, 5.41) is 3.40. The smallest absolute Gasteiger partial charge is 0.0577 e. The van der Waals surface area contributed by atoms with E-state index in [0.29, 0.717) is 24.2 Å². The van der Waals surface area contributed by atoms with Crippen molar-refractivity contribution in [1.82, 2.24) is 5.32 Å². The largest absolute Gasteiger partial charge is 0.384 e. The number of rotatable bonds is 7. The lowest BCUT2D eigenvalue weighted by Gasteiger charge is -2.31. The molecule has 0 saturated carbocycles. The Balaban J connectivity index is 4.11. The molecule has 0 bridgehead atoms. The van der Waals surface area contributed by atoms with Gasteiger partial charge in [0.25, 0.3) is 0 Å². The summed E-state index contributed by atoms with van der Waals surface area (Å²) in [6, 6.07) is 0.306. The number of hydrogen-bond acceptors (Lipinski definition) is 3. The van der Waals surface area contributed by atoms with Crippen molar-refractivity contribution < 1.29 is 8.95 Å². The summed E-state index contributed by atoms with van der Waals surface area (Å²) >= 11 is 0. The van der Waals surface area contributed by atoms with E-state index in [0.717, 1.165) is 6.54 Å². The normalized spacial score (nSPS) is 16.3. The Morgan fingerprint density at radius 3 is 2.40 bits per heavy atom. The first-order chi connectivity index (χ1) is 6.91. The van der Waals surface area contributed by atoms with Crippen molar-refractivity contribution in [1.29, 1.82) is 0 Å². The van der Waals surface area contributed by atoms with E-state index in [1.807, 2.05) is 0 Å². The molecule has 1 N–H and O–H groups in total. The molecule has 0 aromatic heterocycles. The maximum atomic E-state index is 11.7. The average Bonchev–Trinajstić information content (AvgIpc) is 2.12. The molecule has 3 nitrogen and oxygen atoms in total. The van der Waals surface area contributed by atoms with Crippen LogP contribution in [0.4, 0.5) is 0 Å². The fraction of sp³-hybridized carbons (Fsp3) is 1.00. The van der Waals surface area contributed by atoms with Gasteiger partial charge < -0.3 is 10.1 Å². The standard InChI is InChI=1S/C11H25NO2S/c1-6-12-10(11(2,3)4)9-15(13)8-7-14-5/h10,12H,6-9H2,1-5H3. The lowest BCUT2D eigenvalue weighted by Crippen LogP contribution is -2.44. The first-order valence-corrected chi connectivity index (χ1v) is 6.98. The molecule has 0 amide bonds. The van der Waals surface area contributed by atoms with Crippen molar-refractivity contribution in [2.24, 2.45) is 5.41 Å². The van der Waals surface area contributed by atoms with Crippen LogP contribution in [0.1, 0.15) is 27.7 Å². The minimum atomic E-state index is -0.785. The summed E-state index contributed by atoms with van der Waals surface area (Å²) in [4.78, 5) is 0. The number of nitrogens with one attached hydrogen (secondary N) is 1. The van der Waals surface area contributed by atoms with Gasteiger partial charge in [-0.05, 0) is 12.0 Å². The van der Waals surface area contributed by atoms with Crippen LogP contribution in [0.3, 0.4) is 0 Å². The van der Waals surface area contributed by atoms with Crippen LogP contribution in [-0.2, 0) is 15.5 Å². The molecule has 15 heavy (non-hydrogen) atoms. The Kier molecular flexibility index (Phi) is 7.40. The predicted molar refractivity (Wildman–Crippen MR) is 66.7 cm³/mol. The van der Waals surface area contributed by atoms with Crippen molar-refractivity contribution in [3.63, 3.8) is 0 Å².